The number of hydrogen-bond donors (Lipinski definition) is 1. The molecule has 0 aliphatic carbocycles. The number of carboxylic acid groups (broad SMARTS) is 1. The molecule has 0 spiro atoms. The number of sulfonamides is 1. The van der Waals surface area contributed by atoms with Gasteiger partial charge in [-0.25, -0.2) is 13.1 Å². The molecule has 0 aliphatic rings. The number of rotatable bonds is 5. The Hall–Kier alpha value is -1.40. The van der Waals surface area contributed by atoms with Crippen molar-refractivity contribution in [3.8, 4) is 0 Å². The Morgan fingerprint density at radius 2 is 1.84 bits per heavy atom. The average molecular weight is 284 g/mol. The van der Waals surface area contributed by atoms with E-state index >= 15 is 0 Å². The van der Waals surface area contributed by atoms with Gasteiger partial charge in [-0.1, -0.05) is 26.0 Å². The van der Waals surface area contributed by atoms with Gasteiger partial charge in [0.15, 0.2) is 0 Å². The molecule has 6 heteroatoms. The molecular formula is C13H18NO4S-. The molecule has 1 aromatic carbocycles. The number of nitrogens with one attached hydrogen (secondary N) is 1. The molecule has 0 bridgehead atoms. The van der Waals surface area contributed by atoms with Crippen LogP contribution < -0.4 is 9.83 Å². The molecule has 5 nitrogen and oxygen atoms in total. The summed E-state index contributed by atoms with van der Waals surface area (Å²) in [6.07, 6.45) is 0. The van der Waals surface area contributed by atoms with Crippen LogP contribution in [0.3, 0.4) is 0 Å². The summed E-state index contributed by atoms with van der Waals surface area (Å²) in [6.45, 7) is 6.67. The van der Waals surface area contributed by atoms with Crippen molar-refractivity contribution in [2.45, 2.75) is 38.6 Å². The number of hydrogen-bond acceptors (Lipinski definition) is 4. The summed E-state index contributed by atoms with van der Waals surface area (Å²) in [7, 11) is -3.87. The second-order valence-electron chi connectivity index (χ2n) is 4.93. The number of aryl methyl sites for hydroxylation is 2. The largest absolute Gasteiger partial charge is 0.548 e. The first-order valence-electron chi connectivity index (χ1n) is 5.95. The van der Waals surface area contributed by atoms with Crippen molar-refractivity contribution in [2.75, 3.05) is 0 Å². The predicted molar refractivity (Wildman–Crippen MR) is 69.9 cm³/mol. The first kappa shape index (κ1) is 15.7. The highest BCUT2D eigenvalue weighted by Gasteiger charge is 2.24. The van der Waals surface area contributed by atoms with Gasteiger partial charge in [0, 0.05) is 0 Å². The van der Waals surface area contributed by atoms with Gasteiger partial charge in [-0.05, 0) is 37.0 Å². The molecule has 0 radical (unpaired) electrons. The summed E-state index contributed by atoms with van der Waals surface area (Å²) in [5.41, 5.74) is 1.36. The van der Waals surface area contributed by atoms with Crippen LogP contribution in [0.4, 0.5) is 0 Å². The van der Waals surface area contributed by atoms with Gasteiger partial charge in [-0.3, -0.25) is 0 Å². The van der Waals surface area contributed by atoms with Crippen LogP contribution in [0.1, 0.15) is 25.0 Å². The maximum atomic E-state index is 12.2. The zero-order valence-corrected chi connectivity index (χ0v) is 12.2. The van der Waals surface area contributed by atoms with Gasteiger partial charge in [-0.15, -0.1) is 0 Å². The van der Waals surface area contributed by atoms with E-state index in [1.54, 1.807) is 39.8 Å². The van der Waals surface area contributed by atoms with Crippen molar-refractivity contribution < 1.29 is 18.3 Å². The number of benzene rings is 1. The van der Waals surface area contributed by atoms with Crippen molar-refractivity contribution in [3.63, 3.8) is 0 Å². The molecule has 0 saturated carbocycles. The van der Waals surface area contributed by atoms with Gasteiger partial charge in [0.1, 0.15) is 0 Å². The van der Waals surface area contributed by atoms with Crippen LogP contribution in [0.15, 0.2) is 23.1 Å². The summed E-state index contributed by atoms with van der Waals surface area (Å²) >= 11 is 0. The van der Waals surface area contributed by atoms with E-state index in [1.807, 2.05) is 0 Å². The second kappa shape index (κ2) is 5.71. The van der Waals surface area contributed by atoms with E-state index in [-0.39, 0.29) is 4.90 Å². The number of aliphatic carboxylic acids is 1. The van der Waals surface area contributed by atoms with Gasteiger partial charge in [-0.2, -0.15) is 0 Å². The van der Waals surface area contributed by atoms with Gasteiger partial charge < -0.3 is 9.90 Å². The Kier molecular flexibility index (Phi) is 4.70. The zero-order chi connectivity index (χ0) is 14.8. The Balaban J connectivity index is 3.17. The smallest absolute Gasteiger partial charge is 0.241 e. The lowest BCUT2D eigenvalue weighted by Crippen LogP contribution is -2.50. The highest BCUT2D eigenvalue weighted by atomic mass is 32.2. The van der Waals surface area contributed by atoms with E-state index in [1.165, 1.54) is 6.07 Å². The number of carbonyl (C=O) groups excluding carboxylic acids is 1. The lowest BCUT2D eigenvalue weighted by molar-refractivity contribution is -0.309. The fourth-order valence-corrected chi connectivity index (χ4v) is 3.35. The maximum absolute atomic E-state index is 12.2. The van der Waals surface area contributed by atoms with E-state index < -0.39 is 28.0 Å². The Morgan fingerprint density at radius 1 is 1.26 bits per heavy atom. The highest BCUT2D eigenvalue weighted by Crippen LogP contribution is 2.17. The van der Waals surface area contributed by atoms with Gasteiger partial charge in [0.05, 0.1) is 16.9 Å². The average Bonchev–Trinajstić information content (AvgIpc) is 2.28. The molecule has 0 amide bonds. The summed E-state index contributed by atoms with van der Waals surface area (Å²) in [6, 6.07) is 3.76. The third-order valence-corrected chi connectivity index (χ3v) is 4.42. The molecule has 1 aromatic rings. The fraction of sp³-hybridized carbons (Fsp3) is 0.462. The van der Waals surface area contributed by atoms with E-state index in [4.69, 9.17) is 0 Å². The van der Waals surface area contributed by atoms with Crippen molar-refractivity contribution in [1.82, 2.24) is 4.72 Å². The third-order valence-electron chi connectivity index (χ3n) is 2.84. The zero-order valence-electron chi connectivity index (χ0n) is 11.4. The molecule has 1 atom stereocenters. The van der Waals surface area contributed by atoms with Crippen molar-refractivity contribution in [3.05, 3.63) is 29.3 Å². The van der Waals surface area contributed by atoms with E-state index in [0.29, 0.717) is 5.56 Å². The summed E-state index contributed by atoms with van der Waals surface area (Å²) < 4.78 is 26.6. The standard InChI is InChI=1S/C13H19NO4S/c1-8(2)12(13(15)16)14-19(17,18)11-7-9(3)5-6-10(11)4/h5-8,12,14H,1-4H3,(H,15,16)/p-1/t12-/m1/s1. The molecule has 106 valence electrons. The fourth-order valence-electron chi connectivity index (χ4n) is 1.68. The van der Waals surface area contributed by atoms with Gasteiger partial charge in [0.2, 0.25) is 10.0 Å². The van der Waals surface area contributed by atoms with Crippen LogP contribution in [-0.2, 0) is 14.8 Å². The summed E-state index contributed by atoms with van der Waals surface area (Å²) in [5, 5.41) is 11.0. The molecule has 0 aromatic heterocycles. The topological polar surface area (TPSA) is 86.3 Å². The minimum absolute atomic E-state index is 0.0967. The molecule has 1 rings (SSSR count). The summed E-state index contributed by atoms with van der Waals surface area (Å²) in [4.78, 5) is 11.1. The van der Waals surface area contributed by atoms with Crippen LogP contribution >= 0.6 is 0 Å². The van der Waals surface area contributed by atoms with Crippen LogP contribution in [0.2, 0.25) is 0 Å². The van der Waals surface area contributed by atoms with Gasteiger partial charge >= 0.3 is 0 Å². The lowest BCUT2D eigenvalue weighted by atomic mass is 10.1. The van der Waals surface area contributed by atoms with Gasteiger partial charge in [0.25, 0.3) is 0 Å². The van der Waals surface area contributed by atoms with Crippen molar-refractivity contribution in [2.24, 2.45) is 5.92 Å². The maximum Gasteiger partial charge on any atom is 0.241 e. The Morgan fingerprint density at radius 3 is 2.32 bits per heavy atom. The Labute approximate surface area is 113 Å². The third kappa shape index (κ3) is 3.78. The molecule has 0 aliphatic heterocycles. The van der Waals surface area contributed by atoms with Crippen LogP contribution in [0.5, 0.6) is 0 Å². The molecule has 0 saturated heterocycles. The predicted octanol–water partition coefficient (Wildman–Crippen LogP) is 0.356. The van der Waals surface area contributed by atoms with Crippen LogP contribution in [-0.4, -0.2) is 20.4 Å². The molecule has 0 heterocycles. The normalized spacial score (nSPS) is 13.5. The highest BCUT2D eigenvalue weighted by molar-refractivity contribution is 7.89. The van der Waals surface area contributed by atoms with Crippen LogP contribution in [0, 0.1) is 19.8 Å². The minimum atomic E-state index is -3.87. The molecule has 0 unspecified atom stereocenters. The second-order valence-corrected chi connectivity index (χ2v) is 6.61. The van der Waals surface area contributed by atoms with Crippen molar-refractivity contribution >= 4 is 16.0 Å². The first-order chi connectivity index (χ1) is 8.65. The van der Waals surface area contributed by atoms with Crippen molar-refractivity contribution in [1.29, 1.82) is 0 Å². The van der Waals surface area contributed by atoms with E-state index in [0.717, 1.165) is 5.56 Å². The van der Waals surface area contributed by atoms with Crippen LogP contribution in [0.25, 0.3) is 0 Å². The SMILES string of the molecule is Cc1ccc(C)c(S(=O)(=O)N[C@@H](C(=O)[O-])C(C)C)c1. The monoisotopic (exact) mass is 284 g/mol. The number of carboxylic acids is 1. The first-order valence-corrected chi connectivity index (χ1v) is 7.44. The molecule has 19 heavy (non-hydrogen) atoms. The van der Waals surface area contributed by atoms with E-state index in [9.17, 15) is 18.3 Å². The molecular weight excluding hydrogens is 266 g/mol. The Bertz CT molecular complexity index is 578. The minimum Gasteiger partial charge on any atom is -0.548 e. The summed E-state index contributed by atoms with van der Waals surface area (Å²) in [5.74, 6) is -1.83. The molecule has 0 fully saturated rings. The molecule has 1 N–H and O–H groups in total. The lowest BCUT2D eigenvalue weighted by Gasteiger charge is -2.23. The quantitative estimate of drug-likeness (QED) is 0.845. The van der Waals surface area contributed by atoms with E-state index in [2.05, 4.69) is 4.72 Å². The number of carbonyl (C=O) groups is 1.